The van der Waals surface area contributed by atoms with Gasteiger partial charge in [-0.15, -0.1) is 0 Å². The summed E-state index contributed by atoms with van der Waals surface area (Å²) in [6, 6.07) is 14.6. The molecule has 0 spiro atoms. The summed E-state index contributed by atoms with van der Waals surface area (Å²) in [7, 11) is 0. The number of benzene rings is 2. The summed E-state index contributed by atoms with van der Waals surface area (Å²) in [6.07, 6.45) is 0.270. The van der Waals surface area contributed by atoms with Crippen LogP contribution < -0.4 is 5.56 Å². The molecule has 5 aromatic rings. The lowest BCUT2D eigenvalue weighted by Crippen LogP contribution is -2.39. The van der Waals surface area contributed by atoms with Crippen LogP contribution in [0, 0.1) is 5.82 Å². The Morgan fingerprint density at radius 1 is 1.10 bits per heavy atom. The summed E-state index contributed by atoms with van der Waals surface area (Å²) < 4.78 is 22.6. The molecule has 1 aliphatic rings. The number of aromatic amines is 1. The summed E-state index contributed by atoms with van der Waals surface area (Å²) in [5.41, 5.74) is 0.936. The second kappa shape index (κ2) is 9.62. The van der Waals surface area contributed by atoms with E-state index >= 15 is 0 Å². The first-order chi connectivity index (χ1) is 18.8. The van der Waals surface area contributed by atoms with Crippen LogP contribution in [0.1, 0.15) is 37.9 Å². The molecule has 196 valence electrons. The zero-order valence-corrected chi connectivity index (χ0v) is 21.7. The third-order valence-electron chi connectivity index (χ3n) is 6.68. The minimum Gasteiger partial charge on any atom is -0.476 e. The molecular formula is C27H19BrFN5O5. The van der Waals surface area contributed by atoms with Crippen LogP contribution >= 0.6 is 15.9 Å². The SMILES string of the molecule is O=C(O)c1nc2n(c1-c1ccc(Br)o1)CCN(C(=O)c1cc(Cc3n[nH]c(=O)c4ccccc34)ccc1F)C2. The van der Waals surface area contributed by atoms with Gasteiger partial charge < -0.3 is 19.0 Å². The molecule has 10 nitrogen and oxygen atoms in total. The molecule has 0 radical (unpaired) electrons. The van der Waals surface area contributed by atoms with E-state index in [1.54, 1.807) is 47.0 Å². The highest BCUT2D eigenvalue weighted by atomic mass is 79.9. The molecule has 0 saturated heterocycles. The van der Waals surface area contributed by atoms with E-state index in [1.807, 2.05) is 0 Å². The average Bonchev–Trinajstić information content (AvgIpc) is 3.54. The molecule has 39 heavy (non-hydrogen) atoms. The molecule has 0 fully saturated rings. The molecule has 6 rings (SSSR count). The predicted molar refractivity (Wildman–Crippen MR) is 141 cm³/mol. The highest BCUT2D eigenvalue weighted by Gasteiger charge is 2.31. The summed E-state index contributed by atoms with van der Waals surface area (Å²) in [5.74, 6) is -1.75. The molecule has 0 unspecified atom stereocenters. The van der Waals surface area contributed by atoms with Gasteiger partial charge >= 0.3 is 5.97 Å². The molecule has 0 aliphatic carbocycles. The maximum Gasteiger partial charge on any atom is 0.356 e. The van der Waals surface area contributed by atoms with Gasteiger partial charge in [0, 0.05) is 24.9 Å². The topological polar surface area (TPSA) is 134 Å². The molecular weight excluding hydrogens is 573 g/mol. The number of fused-ring (bicyclic) bond motifs is 2. The average molecular weight is 592 g/mol. The van der Waals surface area contributed by atoms with Gasteiger partial charge in [-0.2, -0.15) is 5.10 Å². The summed E-state index contributed by atoms with van der Waals surface area (Å²) in [4.78, 5) is 43.1. The largest absolute Gasteiger partial charge is 0.476 e. The lowest BCUT2D eigenvalue weighted by Gasteiger charge is -2.28. The number of imidazole rings is 1. The minimum atomic E-state index is -1.22. The van der Waals surface area contributed by atoms with E-state index in [1.165, 1.54) is 17.0 Å². The smallest absolute Gasteiger partial charge is 0.356 e. The van der Waals surface area contributed by atoms with Gasteiger partial charge in [-0.25, -0.2) is 19.3 Å². The van der Waals surface area contributed by atoms with Gasteiger partial charge in [0.2, 0.25) is 0 Å². The highest BCUT2D eigenvalue weighted by Crippen LogP contribution is 2.31. The first kappa shape index (κ1) is 24.7. The van der Waals surface area contributed by atoms with Crippen molar-refractivity contribution in [1.29, 1.82) is 0 Å². The van der Waals surface area contributed by atoms with Gasteiger partial charge in [0.1, 0.15) is 17.3 Å². The van der Waals surface area contributed by atoms with Crippen LogP contribution in [-0.4, -0.2) is 48.2 Å². The van der Waals surface area contributed by atoms with Crippen LogP contribution in [0.25, 0.3) is 22.2 Å². The molecule has 12 heteroatoms. The minimum absolute atomic E-state index is 0.00320. The number of furan rings is 1. The van der Waals surface area contributed by atoms with E-state index in [0.717, 1.165) is 0 Å². The molecule has 1 aliphatic heterocycles. The second-order valence-corrected chi connectivity index (χ2v) is 9.83. The Labute approximate surface area is 227 Å². The lowest BCUT2D eigenvalue weighted by atomic mass is 10.0. The Balaban J connectivity index is 1.30. The number of amides is 1. The number of carboxylic acid groups (broad SMARTS) is 1. The number of hydrogen-bond acceptors (Lipinski definition) is 6. The van der Waals surface area contributed by atoms with Crippen molar-refractivity contribution in [2.24, 2.45) is 0 Å². The first-order valence-corrected chi connectivity index (χ1v) is 12.7. The monoisotopic (exact) mass is 591 g/mol. The number of carboxylic acids is 1. The number of carbonyl (C=O) groups excluding carboxylic acids is 1. The van der Waals surface area contributed by atoms with Gasteiger partial charge in [-0.05, 0) is 51.8 Å². The van der Waals surface area contributed by atoms with Crippen molar-refractivity contribution in [2.45, 2.75) is 19.5 Å². The van der Waals surface area contributed by atoms with Crippen molar-refractivity contribution in [3.63, 3.8) is 0 Å². The normalized spacial score (nSPS) is 13.0. The van der Waals surface area contributed by atoms with E-state index < -0.39 is 17.7 Å². The summed E-state index contributed by atoms with van der Waals surface area (Å²) in [6.45, 7) is 0.465. The Bertz CT molecular complexity index is 1840. The third-order valence-corrected chi connectivity index (χ3v) is 7.10. The maximum atomic E-state index is 14.9. The molecule has 1 amide bonds. The molecule has 0 atom stereocenters. The number of aromatic carboxylic acids is 1. The van der Waals surface area contributed by atoms with Gasteiger partial charge in [0.25, 0.3) is 11.5 Å². The van der Waals surface area contributed by atoms with E-state index in [2.05, 4.69) is 31.1 Å². The summed E-state index contributed by atoms with van der Waals surface area (Å²) in [5, 5.41) is 17.5. The zero-order chi connectivity index (χ0) is 27.3. The number of halogens is 2. The second-order valence-electron chi connectivity index (χ2n) is 9.05. The zero-order valence-electron chi connectivity index (χ0n) is 20.1. The number of aromatic nitrogens is 4. The fraction of sp³-hybridized carbons (Fsp3) is 0.148. The fourth-order valence-electron chi connectivity index (χ4n) is 4.86. The third kappa shape index (κ3) is 4.42. The van der Waals surface area contributed by atoms with Crippen molar-refractivity contribution < 1.29 is 23.5 Å². The Morgan fingerprint density at radius 2 is 1.90 bits per heavy atom. The van der Waals surface area contributed by atoms with Crippen LogP contribution in [0.4, 0.5) is 4.39 Å². The number of nitrogens with one attached hydrogen (secondary N) is 1. The van der Waals surface area contributed by atoms with Gasteiger partial charge in [0.05, 0.1) is 23.2 Å². The number of rotatable bonds is 5. The Hall–Kier alpha value is -4.58. The number of carbonyl (C=O) groups is 2. The fourth-order valence-corrected chi connectivity index (χ4v) is 5.17. The van der Waals surface area contributed by atoms with Crippen LogP contribution in [0.2, 0.25) is 0 Å². The maximum absolute atomic E-state index is 14.9. The van der Waals surface area contributed by atoms with E-state index in [9.17, 15) is 23.9 Å². The first-order valence-electron chi connectivity index (χ1n) is 11.9. The van der Waals surface area contributed by atoms with Crippen molar-refractivity contribution in [1.82, 2.24) is 24.6 Å². The molecule has 2 aromatic carbocycles. The Kier molecular flexibility index (Phi) is 6.10. The van der Waals surface area contributed by atoms with E-state index in [4.69, 9.17) is 4.42 Å². The molecule has 4 heterocycles. The molecule has 0 bridgehead atoms. The van der Waals surface area contributed by atoms with Crippen molar-refractivity contribution in [2.75, 3.05) is 6.54 Å². The predicted octanol–water partition coefficient (Wildman–Crippen LogP) is 4.23. The lowest BCUT2D eigenvalue weighted by molar-refractivity contribution is 0.0690. The molecule has 3 aromatic heterocycles. The van der Waals surface area contributed by atoms with Crippen LogP contribution in [0.3, 0.4) is 0 Å². The highest BCUT2D eigenvalue weighted by molar-refractivity contribution is 9.10. The van der Waals surface area contributed by atoms with Crippen LogP contribution in [-0.2, 0) is 19.5 Å². The van der Waals surface area contributed by atoms with Crippen LogP contribution in [0.5, 0.6) is 0 Å². The number of hydrogen-bond donors (Lipinski definition) is 2. The van der Waals surface area contributed by atoms with Gasteiger partial charge in [0.15, 0.2) is 16.1 Å². The van der Waals surface area contributed by atoms with Crippen molar-refractivity contribution in [3.8, 4) is 11.5 Å². The molecule has 0 saturated carbocycles. The van der Waals surface area contributed by atoms with Crippen molar-refractivity contribution in [3.05, 3.63) is 104 Å². The standard InChI is InChI=1S/C27H19BrFN5O5/c28-21-8-7-20(39-21)24-23(27(37)38)30-22-13-33(9-10-34(22)24)26(36)17-11-14(5-6-18(17)29)12-19-15-3-1-2-4-16(15)25(35)32-31-19/h1-8,11H,9-10,12-13H2,(H,32,35)(H,37,38). The Morgan fingerprint density at radius 3 is 2.64 bits per heavy atom. The van der Waals surface area contributed by atoms with Crippen molar-refractivity contribution >= 4 is 38.6 Å². The van der Waals surface area contributed by atoms with Gasteiger partial charge in [-0.3, -0.25) is 9.59 Å². The van der Waals surface area contributed by atoms with E-state index in [0.29, 0.717) is 44.0 Å². The van der Waals surface area contributed by atoms with Crippen LogP contribution in [0.15, 0.2) is 68.5 Å². The number of H-pyrrole nitrogens is 1. The quantitative estimate of drug-likeness (QED) is 0.312. The summed E-state index contributed by atoms with van der Waals surface area (Å²) >= 11 is 3.23. The number of nitrogens with zero attached hydrogens (tertiary/aromatic N) is 4. The molecule has 2 N–H and O–H groups in total. The van der Waals surface area contributed by atoms with Gasteiger partial charge in [-0.1, -0.05) is 24.3 Å². The van der Waals surface area contributed by atoms with E-state index in [-0.39, 0.29) is 42.9 Å².